The first-order valence-corrected chi connectivity index (χ1v) is 7.37. The molecule has 1 aromatic heterocycles. The molecule has 0 radical (unpaired) electrons. The molecule has 0 atom stereocenters. The molecule has 2 N–H and O–H groups in total. The van der Waals surface area contributed by atoms with Gasteiger partial charge in [0, 0.05) is 26.5 Å². The summed E-state index contributed by atoms with van der Waals surface area (Å²) in [5, 5.41) is 9.12. The molecule has 0 saturated heterocycles. The van der Waals surface area contributed by atoms with Gasteiger partial charge in [0.15, 0.2) is 6.29 Å². The second-order valence-electron chi connectivity index (χ2n) is 4.55. The predicted octanol–water partition coefficient (Wildman–Crippen LogP) is -0.326. The largest absolute Gasteiger partial charge is 0.479 e. The summed E-state index contributed by atoms with van der Waals surface area (Å²) >= 11 is 0. The minimum atomic E-state index is -0.497. The zero-order valence-corrected chi connectivity index (χ0v) is 13.9. The highest BCUT2D eigenvalue weighted by Crippen LogP contribution is 2.13. The number of methoxy groups -OCH3 is 1. The lowest BCUT2D eigenvalue weighted by Gasteiger charge is -2.17. The summed E-state index contributed by atoms with van der Waals surface area (Å²) in [7, 11) is 3.10. The fourth-order valence-electron chi connectivity index (χ4n) is 1.83. The van der Waals surface area contributed by atoms with Crippen LogP contribution in [-0.2, 0) is 21.3 Å². The van der Waals surface area contributed by atoms with E-state index >= 15 is 0 Å². The van der Waals surface area contributed by atoms with Crippen molar-refractivity contribution in [3.05, 3.63) is 11.8 Å². The van der Waals surface area contributed by atoms with Gasteiger partial charge in [-0.15, -0.1) is 5.10 Å². The molecule has 0 aliphatic rings. The molecule has 0 spiro atoms. The Morgan fingerprint density at radius 1 is 1.26 bits per heavy atom. The molecule has 1 aromatic rings. The number of aromatic nitrogens is 2. The predicted molar refractivity (Wildman–Crippen MR) is 82.1 cm³/mol. The summed E-state index contributed by atoms with van der Waals surface area (Å²) in [5.41, 5.74) is 0.268. The second-order valence-corrected chi connectivity index (χ2v) is 4.55. The summed E-state index contributed by atoms with van der Waals surface area (Å²) in [6.07, 6.45) is 1.02. The van der Waals surface area contributed by atoms with Crippen LogP contribution < -0.4 is 15.4 Å². The summed E-state index contributed by atoms with van der Waals surface area (Å²) in [4.78, 5) is 23.8. The zero-order chi connectivity index (χ0) is 17.2. The Balaban J connectivity index is 2.41. The summed E-state index contributed by atoms with van der Waals surface area (Å²) < 4.78 is 17.1. The molecule has 23 heavy (non-hydrogen) atoms. The molecule has 9 heteroatoms. The van der Waals surface area contributed by atoms with Gasteiger partial charge in [-0.25, -0.2) is 0 Å². The Morgan fingerprint density at radius 3 is 2.48 bits per heavy atom. The SMILES string of the molecule is CCOC(CNC(=O)CNC(=O)c1cn(C)nc1OC)OCC. The van der Waals surface area contributed by atoms with E-state index in [1.807, 2.05) is 13.8 Å². The van der Waals surface area contributed by atoms with Crippen molar-refractivity contribution in [2.24, 2.45) is 7.05 Å². The molecule has 0 aliphatic heterocycles. The average Bonchev–Trinajstić information content (AvgIpc) is 2.91. The van der Waals surface area contributed by atoms with Crippen LogP contribution in [0.15, 0.2) is 6.20 Å². The lowest BCUT2D eigenvalue weighted by Crippen LogP contribution is -2.41. The number of hydrogen-bond donors (Lipinski definition) is 2. The Kier molecular flexibility index (Phi) is 8.06. The number of nitrogens with zero attached hydrogens (tertiary/aromatic N) is 2. The minimum absolute atomic E-state index is 0.165. The average molecular weight is 328 g/mol. The van der Waals surface area contributed by atoms with Crippen LogP contribution in [0.2, 0.25) is 0 Å². The highest BCUT2D eigenvalue weighted by molar-refractivity contribution is 5.98. The fourth-order valence-corrected chi connectivity index (χ4v) is 1.83. The minimum Gasteiger partial charge on any atom is -0.479 e. The number of rotatable bonds is 10. The van der Waals surface area contributed by atoms with Gasteiger partial charge in [-0.3, -0.25) is 14.3 Å². The summed E-state index contributed by atoms with van der Waals surface area (Å²) in [6.45, 7) is 4.70. The monoisotopic (exact) mass is 328 g/mol. The third kappa shape index (κ3) is 6.25. The van der Waals surface area contributed by atoms with Gasteiger partial charge in [0.05, 0.1) is 20.2 Å². The molecule has 0 unspecified atom stereocenters. The van der Waals surface area contributed by atoms with Gasteiger partial charge >= 0.3 is 0 Å². The first-order chi connectivity index (χ1) is 11.0. The molecule has 130 valence electrons. The first kappa shape index (κ1) is 18.9. The Morgan fingerprint density at radius 2 is 1.91 bits per heavy atom. The quantitative estimate of drug-likeness (QED) is 0.570. The summed E-state index contributed by atoms with van der Waals surface area (Å²) in [6, 6.07) is 0. The van der Waals surface area contributed by atoms with Crippen molar-refractivity contribution in [3.63, 3.8) is 0 Å². The number of ether oxygens (including phenoxy) is 3. The van der Waals surface area contributed by atoms with Crippen molar-refractivity contribution in [2.45, 2.75) is 20.1 Å². The van der Waals surface area contributed by atoms with E-state index in [1.165, 1.54) is 18.0 Å². The van der Waals surface area contributed by atoms with Gasteiger partial charge in [0.2, 0.25) is 11.8 Å². The normalized spacial score (nSPS) is 10.7. The third-order valence-electron chi connectivity index (χ3n) is 2.81. The fraction of sp³-hybridized carbons (Fsp3) is 0.643. The van der Waals surface area contributed by atoms with Gasteiger partial charge in [-0.2, -0.15) is 0 Å². The molecule has 0 aromatic carbocycles. The first-order valence-electron chi connectivity index (χ1n) is 7.37. The van der Waals surface area contributed by atoms with E-state index < -0.39 is 12.2 Å². The maximum absolute atomic E-state index is 12.0. The topological polar surface area (TPSA) is 104 Å². The van der Waals surface area contributed by atoms with Crippen molar-refractivity contribution in [2.75, 3.05) is 33.4 Å². The van der Waals surface area contributed by atoms with Crippen molar-refractivity contribution in [1.82, 2.24) is 20.4 Å². The van der Waals surface area contributed by atoms with Crippen LogP contribution in [0.4, 0.5) is 0 Å². The summed E-state index contributed by atoms with van der Waals surface area (Å²) in [5.74, 6) is -0.569. The number of amides is 2. The Bertz CT molecular complexity index is 511. The molecular formula is C14H24N4O5. The van der Waals surface area contributed by atoms with E-state index in [9.17, 15) is 9.59 Å². The van der Waals surface area contributed by atoms with Crippen molar-refractivity contribution >= 4 is 11.8 Å². The van der Waals surface area contributed by atoms with Gasteiger partial charge in [-0.05, 0) is 13.8 Å². The Hall–Kier alpha value is -2.13. The highest BCUT2D eigenvalue weighted by atomic mass is 16.7. The van der Waals surface area contributed by atoms with Crippen LogP contribution >= 0.6 is 0 Å². The van der Waals surface area contributed by atoms with Crippen molar-refractivity contribution in [3.8, 4) is 5.88 Å². The number of carbonyl (C=O) groups is 2. The Labute approximate surface area is 135 Å². The van der Waals surface area contributed by atoms with Crippen LogP contribution in [0.3, 0.4) is 0 Å². The van der Waals surface area contributed by atoms with E-state index in [2.05, 4.69) is 15.7 Å². The molecule has 0 aliphatic carbocycles. The van der Waals surface area contributed by atoms with Crippen LogP contribution in [0.1, 0.15) is 24.2 Å². The van der Waals surface area contributed by atoms with Gasteiger partial charge in [0.25, 0.3) is 5.91 Å². The van der Waals surface area contributed by atoms with Crippen LogP contribution in [0.5, 0.6) is 5.88 Å². The molecule has 9 nitrogen and oxygen atoms in total. The van der Waals surface area contributed by atoms with E-state index in [-0.39, 0.29) is 30.4 Å². The lowest BCUT2D eigenvalue weighted by molar-refractivity contribution is -0.140. The van der Waals surface area contributed by atoms with E-state index in [0.29, 0.717) is 13.2 Å². The molecule has 1 heterocycles. The molecule has 2 amide bonds. The van der Waals surface area contributed by atoms with Gasteiger partial charge < -0.3 is 24.8 Å². The number of hydrogen-bond acceptors (Lipinski definition) is 6. The van der Waals surface area contributed by atoms with Gasteiger partial charge in [-0.1, -0.05) is 0 Å². The smallest absolute Gasteiger partial charge is 0.258 e. The third-order valence-corrected chi connectivity index (χ3v) is 2.81. The van der Waals surface area contributed by atoms with Crippen LogP contribution in [0.25, 0.3) is 0 Å². The highest BCUT2D eigenvalue weighted by Gasteiger charge is 2.17. The number of carbonyl (C=O) groups excluding carboxylic acids is 2. The maximum Gasteiger partial charge on any atom is 0.258 e. The molecule has 0 fully saturated rings. The standard InChI is InChI=1S/C14H24N4O5/c1-5-22-12(23-6-2)8-15-11(19)7-16-13(20)10-9-18(3)17-14(10)21-4/h9,12H,5-8H2,1-4H3,(H,15,19)(H,16,20). The molecule has 1 rings (SSSR count). The maximum atomic E-state index is 12.0. The molecule has 0 saturated carbocycles. The van der Waals surface area contributed by atoms with Gasteiger partial charge in [0.1, 0.15) is 5.56 Å². The number of aryl methyl sites for hydroxylation is 1. The lowest BCUT2D eigenvalue weighted by atomic mass is 10.3. The van der Waals surface area contributed by atoms with E-state index in [1.54, 1.807) is 7.05 Å². The zero-order valence-electron chi connectivity index (χ0n) is 13.9. The van der Waals surface area contributed by atoms with Crippen LogP contribution in [0, 0.1) is 0 Å². The number of nitrogens with one attached hydrogen (secondary N) is 2. The van der Waals surface area contributed by atoms with Crippen molar-refractivity contribution in [1.29, 1.82) is 0 Å². The molecule has 0 bridgehead atoms. The van der Waals surface area contributed by atoms with Crippen molar-refractivity contribution < 1.29 is 23.8 Å². The molecular weight excluding hydrogens is 304 g/mol. The van der Waals surface area contributed by atoms with Crippen LogP contribution in [-0.4, -0.2) is 61.3 Å². The van der Waals surface area contributed by atoms with E-state index in [0.717, 1.165) is 0 Å². The second kappa shape index (κ2) is 9.80. The van der Waals surface area contributed by atoms with E-state index in [4.69, 9.17) is 14.2 Å².